The van der Waals surface area contributed by atoms with Gasteiger partial charge in [-0.25, -0.2) is 0 Å². The van der Waals surface area contributed by atoms with E-state index in [1.54, 1.807) is 4.90 Å². The molecule has 1 aliphatic rings. The number of carbonyl (C=O) groups excluding carboxylic acids is 2. The van der Waals surface area contributed by atoms with Gasteiger partial charge in [0.25, 0.3) is 0 Å². The maximum Gasteiger partial charge on any atom is 0.311 e. The zero-order valence-corrected chi connectivity index (χ0v) is 11.6. The molecule has 1 aliphatic heterocycles. The Morgan fingerprint density at radius 1 is 1.39 bits per heavy atom. The molecular formula is C12H21N3O2S. The van der Waals surface area contributed by atoms with Crippen LogP contribution in [0.25, 0.3) is 0 Å². The summed E-state index contributed by atoms with van der Waals surface area (Å²) in [6, 6.07) is 0. The Morgan fingerprint density at radius 2 is 2.00 bits per heavy atom. The predicted octanol–water partition coefficient (Wildman–Crippen LogP) is 0.427. The van der Waals surface area contributed by atoms with Gasteiger partial charge in [-0.1, -0.05) is 32.0 Å². The molecule has 102 valence electrons. The Bertz CT molecular complexity index is 325. The number of hydrogen-bond donors (Lipinski definition) is 2. The number of nitrogens with one attached hydrogen (secondary N) is 1. The van der Waals surface area contributed by atoms with Gasteiger partial charge in [-0.2, -0.15) is 0 Å². The Kier molecular flexibility index (Phi) is 6.04. The number of nitrogens with two attached hydrogens (primary N) is 1. The van der Waals surface area contributed by atoms with Crippen molar-refractivity contribution in [1.82, 2.24) is 10.2 Å². The summed E-state index contributed by atoms with van der Waals surface area (Å²) < 4.78 is 0. The number of amides is 2. The minimum atomic E-state index is -0.614. The third-order valence-electron chi connectivity index (χ3n) is 3.22. The highest BCUT2D eigenvalue weighted by Crippen LogP contribution is 2.21. The van der Waals surface area contributed by atoms with Gasteiger partial charge in [-0.3, -0.25) is 9.59 Å². The van der Waals surface area contributed by atoms with Crippen molar-refractivity contribution in [1.29, 1.82) is 0 Å². The average Bonchev–Trinajstić information content (AvgIpc) is 2.36. The Labute approximate surface area is 113 Å². The van der Waals surface area contributed by atoms with E-state index in [0.717, 1.165) is 12.8 Å². The fourth-order valence-corrected chi connectivity index (χ4v) is 2.29. The van der Waals surface area contributed by atoms with Gasteiger partial charge in [0.15, 0.2) is 0 Å². The molecule has 0 spiro atoms. The molecule has 18 heavy (non-hydrogen) atoms. The Hall–Kier alpha value is -1.17. The van der Waals surface area contributed by atoms with E-state index >= 15 is 0 Å². The van der Waals surface area contributed by atoms with Gasteiger partial charge in [-0.05, 0) is 18.8 Å². The molecule has 3 N–H and O–H groups in total. The molecule has 1 saturated heterocycles. The number of rotatable bonds is 4. The first-order valence-corrected chi connectivity index (χ1v) is 6.80. The number of nitrogens with zero attached hydrogens (tertiary/aromatic N) is 1. The van der Waals surface area contributed by atoms with Crippen LogP contribution >= 0.6 is 12.2 Å². The Balaban J connectivity index is 2.35. The monoisotopic (exact) mass is 271 g/mol. The molecule has 0 aromatic rings. The molecule has 1 heterocycles. The van der Waals surface area contributed by atoms with Crippen molar-refractivity contribution in [2.75, 3.05) is 19.6 Å². The first-order chi connectivity index (χ1) is 8.54. The lowest BCUT2D eigenvalue weighted by atomic mass is 9.92. The van der Waals surface area contributed by atoms with Crippen molar-refractivity contribution < 1.29 is 9.59 Å². The first-order valence-electron chi connectivity index (χ1n) is 6.40. The van der Waals surface area contributed by atoms with Crippen LogP contribution in [0.3, 0.4) is 0 Å². The highest BCUT2D eigenvalue weighted by Gasteiger charge is 2.26. The summed E-state index contributed by atoms with van der Waals surface area (Å²) >= 11 is 4.64. The van der Waals surface area contributed by atoms with Gasteiger partial charge in [0.1, 0.15) is 0 Å². The average molecular weight is 271 g/mol. The molecule has 5 nitrogen and oxygen atoms in total. The maximum absolute atomic E-state index is 11.8. The summed E-state index contributed by atoms with van der Waals surface area (Å²) in [4.78, 5) is 25.1. The SMILES string of the molecule is CCCC1CCN(C(=O)C(=O)NCC(N)=S)CC1. The van der Waals surface area contributed by atoms with E-state index in [4.69, 9.17) is 5.73 Å². The van der Waals surface area contributed by atoms with Crippen LogP contribution in [0.15, 0.2) is 0 Å². The van der Waals surface area contributed by atoms with Gasteiger partial charge in [0.05, 0.1) is 11.5 Å². The zero-order chi connectivity index (χ0) is 13.5. The lowest BCUT2D eigenvalue weighted by molar-refractivity contribution is -0.146. The van der Waals surface area contributed by atoms with Crippen LogP contribution in [-0.2, 0) is 9.59 Å². The van der Waals surface area contributed by atoms with Crippen molar-refractivity contribution in [3.8, 4) is 0 Å². The van der Waals surface area contributed by atoms with Gasteiger partial charge in [-0.15, -0.1) is 0 Å². The summed E-state index contributed by atoms with van der Waals surface area (Å²) in [6.45, 7) is 3.58. The maximum atomic E-state index is 11.8. The van der Waals surface area contributed by atoms with E-state index in [2.05, 4.69) is 24.5 Å². The summed E-state index contributed by atoms with van der Waals surface area (Å²) in [5, 5.41) is 2.42. The number of thiocarbonyl (C=S) groups is 1. The highest BCUT2D eigenvalue weighted by molar-refractivity contribution is 7.80. The fourth-order valence-electron chi connectivity index (χ4n) is 2.22. The quantitative estimate of drug-likeness (QED) is 0.574. The zero-order valence-electron chi connectivity index (χ0n) is 10.8. The highest BCUT2D eigenvalue weighted by atomic mass is 32.1. The van der Waals surface area contributed by atoms with Crippen LogP contribution in [0.1, 0.15) is 32.6 Å². The van der Waals surface area contributed by atoms with E-state index in [-0.39, 0.29) is 11.5 Å². The third kappa shape index (κ3) is 4.60. The van der Waals surface area contributed by atoms with Gasteiger partial charge in [0, 0.05) is 13.1 Å². The van der Waals surface area contributed by atoms with E-state index < -0.39 is 11.8 Å². The summed E-state index contributed by atoms with van der Waals surface area (Å²) in [5.41, 5.74) is 5.26. The normalized spacial score (nSPS) is 16.4. The standard InChI is InChI=1S/C12H21N3O2S/c1-2-3-9-4-6-15(7-5-9)12(17)11(16)14-8-10(13)18/h9H,2-8H2,1H3,(H2,13,18)(H,14,16). The van der Waals surface area contributed by atoms with Crippen LogP contribution in [0.4, 0.5) is 0 Å². The van der Waals surface area contributed by atoms with Crippen molar-refractivity contribution in [3.63, 3.8) is 0 Å². The minimum Gasteiger partial charge on any atom is -0.392 e. The third-order valence-corrected chi connectivity index (χ3v) is 3.36. The van der Waals surface area contributed by atoms with Crippen LogP contribution < -0.4 is 11.1 Å². The van der Waals surface area contributed by atoms with Crippen molar-refractivity contribution in [3.05, 3.63) is 0 Å². The van der Waals surface area contributed by atoms with E-state index in [1.165, 1.54) is 12.8 Å². The van der Waals surface area contributed by atoms with Crippen LogP contribution in [-0.4, -0.2) is 41.3 Å². The van der Waals surface area contributed by atoms with Gasteiger partial charge in [0.2, 0.25) is 0 Å². The van der Waals surface area contributed by atoms with Crippen molar-refractivity contribution in [2.24, 2.45) is 11.7 Å². The molecule has 0 atom stereocenters. The molecule has 1 fully saturated rings. The van der Waals surface area contributed by atoms with Crippen LogP contribution in [0, 0.1) is 5.92 Å². The Morgan fingerprint density at radius 3 is 2.50 bits per heavy atom. The number of likely N-dealkylation sites (tertiary alicyclic amines) is 1. The number of carbonyl (C=O) groups is 2. The largest absolute Gasteiger partial charge is 0.392 e. The van der Waals surface area contributed by atoms with Gasteiger partial charge >= 0.3 is 11.8 Å². The molecule has 0 aromatic heterocycles. The summed E-state index contributed by atoms with van der Waals surface area (Å²) in [6.07, 6.45) is 4.35. The van der Waals surface area contributed by atoms with Crippen LogP contribution in [0.2, 0.25) is 0 Å². The molecule has 1 rings (SSSR count). The molecule has 0 aliphatic carbocycles. The summed E-state index contributed by atoms with van der Waals surface area (Å²) in [5.74, 6) is -0.392. The van der Waals surface area contributed by atoms with E-state index in [1.807, 2.05) is 0 Å². The number of piperidine rings is 1. The molecule has 0 radical (unpaired) electrons. The molecular weight excluding hydrogens is 250 g/mol. The molecule has 6 heteroatoms. The van der Waals surface area contributed by atoms with Crippen molar-refractivity contribution >= 4 is 29.0 Å². The fraction of sp³-hybridized carbons (Fsp3) is 0.750. The van der Waals surface area contributed by atoms with Crippen molar-refractivity contribution in [2.45, 2.75) is 32.6 Å². The minimum absolute atomic E-state index is 0.0756. The molecule has 0 unspecified atom stereocenters. The topological polar surface area (TPSA) is 75.4 Å². The van der Waals surface area contributed by atoms with E-state index in [0.29, 0.717) is 19.0 Å². The predicted molar refractivity (Wildman–Crippen MR) is 74.0 cm³/mol. The first kappa shape index (κ1) is 14.9. The molecule has 0 bridgehead atoms. The number of hydrogen-bond acceptors (Lipinski definition) is 3. The second-order valence-corrected chi connectivity index (χ2v) is 5.20. The second-order valence-electron chi connectivity index (χ2n) is 4.67. The molecule has 0 aromatic carbocycles. The van der Waals surface area contributed by atoms with E-state index in [9.17, 15) is 9.59 Å². The smallest absolute Gasteiger partial charge is 0.311 e. The lowest BCUT2D eigenvalue weighted by Gasteiger charge is -2.31. The second kappa shape index (κ2) is 7.31. The summed E-state index contributed by atoms with van der Waals surface area (Å²) in [7, 11) is 0. The molecule has 2 amide bonds. The van der Waals surface area contributed by atoms with Crippen LogP contribution in [0.5, 0.6) is 0 Å². The molecule has 0 saturated carbocycles. The lowest BCUT2D eigenvalue weighted by Crippen LogP contribution is -2.47. The van der Waals surface area contributed by atoms with Gasteiger partial charge < -0.3 is 16.0 Å².